The minimum Gasteiger partial charge on any atom is -0.378 e. The van der Waals surface area contributed by atoms with Crippen molar-refractivity contribution >= 4 is 29.0 Å². The fourth-order valence-corrected chi connectivity index (χ4v) is 2.09. The summed E-state index contributed by atoms with van der Waals surface area (Å²) >= 11 is 0. The average Bonchev–Trinajstić information content (AvgIpc) is 2.60. The zero-order valence-electron chi connectivity index (χ0n) is 14.9. The van der Waals surface area contributed by atoms with Crippen LogP contribution in [0.3, 0.4) is 0 Å². The van der Waals surface area contributed by atoms with Crippen LogP contribution in [0.25, 0.3) is 0 Å². The van der Waals surface area contributed by atoms with E-state index in [4.69, 9.17) is 0 Å². The summed E-state index contributed by atoms with van der Waals surface area (Å²) in [7, 11) is 7.67. The summed E-state index contributed by atoms with van der Waals surface area (Å²) < 4.78 is 0. The van der Waals surface area contributed by atoms with Crippen molar-refractivity contribution in [2.45, 2.75) is 6.54 Å². The molecule has 2 aromatic rings. The zero-order chi connectivity index (χ0) is 18.4. The highest BCUT2D eigenvalue weighted by atomic mass is 16.2. The van der Waals surface area contributed by atoms with Gasteiger partial charge in [-0.1, -0.05) is 12.1 Å². The van der Waals surface area contributed by atoms with Gasteiger partial charge in [-0.25, -0.2) is 4.98 Å². The predicted octanol–water partition coefficient (Wildman–Crippen LogP) is 1.47. The molecule has 0 aliphatic heterocycles. The first-order valence-electron chi connectivity index (χ1n) is 7.85. The van der Waals surface area contributed by atoms with Crippen LogP contribution in [0.15, 0.2) is 42.6 Å². The molecule has 2 rings (SSSR count). The molecule has 2 amide bonds. The predicted molar refractivity (Wildman–Crippen MR) is 99.8 cm³/mol. The van der Waals surface area contributed by atoms with Gasteiger partial charge in [0, 0.05) is 40.4 Å². The molecule has 0 aliphatic carbocycles. The Labute approximate surface area is 147 Å². The number of pyridine rings is 1. The molecule has 1 heterocycles. The molecular formula is C18H23N5O2. The second kappa shape index (κ2) is 8.14. The summed E-state index contributed by atoms with van der Waals surface area (Å²) in [4.78, 5) is 31.9. The largest absolute Gasteiger partial charge is 0.378 e. The van der Waals surface area contributed by atoms with Crippen molar-refractivity contribution in [3.63, 3.8) is 0 Å². The second-order valence-corrected chi connectivity index (χ2v) is 6.00. The van der Waals surface area contributed by atoms with E-state index in [1.807, 2.05) is 62.3 Å². The Morgan fingerprint density at radius 3 is 2.12 bits per heavy atom. The number of rotatable bonds is 5. The van der Waals surface area contributed by atoms with Gasteiger partial charge < -0.3 is 20.4 Å². The van der Waals surface area contributed by atoms with Crippen LogP contribution in [0.5, 0.6) is 0 Å². The Bertz CT molecular complexity index is 724. The lowest BCUT2D eigenvalue weighted by atomic mass is 10.2. The van der Waals surface area contributed by atoms with Crippen LogP contribution in [0.4, 0.5) is 17.2 Å². The van der Waals surface area contributed by atoms with Crippen molar-refractivity contribution in [2.24, 2.45) is 0 Å². The average molecular weight is 341 g/mol. The Morgan fingerprint density at radius 2 is 1.60 bits per heavy atom. The molecule has 1 aromatic heterocycles. The highest BCUT2D eigenvalue weighted by Crippen LogP contribution is 2.13. The lowest BCUT2D eigenvalue weighted by Crippen LogP contribution is -2.35. The van der Waals surface area contributed by atoms with Crippen molar-refractivity contribution in [1.29, 1.82) is 0 Å². The van der Waals surface area contributed by atoms with Gasteiger partial charge in [0.15, 0.2) is 0 Å². The molecule has 0 fully saturated rings. The van der Waals surface area contributed by atoms with Gasteiger partial charge in [0.1, 0.15) is 5.82 Å². The van der Waals surface area contributed by atoms with E-state index in [1.165, 1.54) is 6.20 Å². The van der Waals surface area contributed by atoms with E-state index < -0.39 is 11.8 Å². The van der Waals surface area contributed by atoms with Gasteiger partial charge in [-0.2, -0.15) is 0 Å². The fraction of sp³-hybridized carbons (Fsp3) is 0.278. The molecule has 0 spiro atoms. The quantitative estimate of drug-likeness (QED) is 0.806. The molecule has 1 aromatic carbocycles. The first-order valence-corrected chi connectivity index (χ1v) is 7.85. The van der Waals surface area contributed by atoms with E-state index in [1.54, 1.807) is 12.1 Å². The molecule has 0 saturated carbocycles. The lowest BCUT2D eigenvalue weighted by molar-refractivity contribution is -0.136. The zero-order valence-corrected chi connectivity index (χ0v) is 14.9. The van der Waals surface area contributed by atoms with E-state index in [2.05, 4.69) is 15.6 Å². The van der Waals surface area contributed by atoms with Crippen LogP contribution < -0.4 is 20.4 Å². The van der Waals surface area contributed by atoms with Gasteiger partial charge in [0.25, 0.3) is 0 Å². The third kappa shape index (κ3) is 5.20. The summed E-state index contributed by atoms with van der Waals surface area (Å²) in [6.45, 7) is 0.289. The SMILES string of the molecule is CN(C)c1ccc(CNC(=O)C(=O)Nc2ccc(N(C)C)nc2)cc1. The normalized spacial score (nSPS) is 10.1. The maximum atomic E-state index is 11.9. The van der Waals surface area contributed by atoms with Crippen LogP contribution in [0.2, 0.25) is 0 Å². The highest BCUT2D eigenvalue weighted by Gasteiger charge is 2.13. The summed E-state index contributed by atoms with van der Waals surface area (Å²) in [6, 6.07) is 11.2. The van der Waals surface area contributed by atoms with Crippen molar-refractivity contribution in [3.8, 4) is 0 Å². The lowest BCUT2D eigenvalue weighted by Gasteiger charge is -2.13. The summed E-state index contributed by atoms with van der Waals surface area (Å²) in [5.74, 6) is -0.638. The number of carbonyl (C=O) groups excluding carboxylic acids is 2. The van der Waals surface area contributed by atoms with Gasteiger partial charge >= 0.3 is 11.8 Å². The number of hydrogen-bond acceptors (Lipinski definition) is 5. The molecule has 0 radical (unpaired) electrons. The molecule has 0 bridgehead atoms. The maximum Gasteiger partial charge on any atom is 0.313 e. The molecule has 132 valence electrons. The number of carbonyl (C=O) groups is 2. The third-order valence-electron chi connectivity index (χ3n) is 3.58. The Kier molecular flexibility index (Phi) is 5.94. The Morgan fingerprint density at radius 1 is 0.920 bits per heavy atom. The highest BCUT2D eigenvalue weighted by molar-refractivity contribution is 6.39. The van der Waals surface area contributed by atoms with Gasteiger partial charge in [0.05, 0.1) is 11.9 Å². The van der Waals surface area contributed by atoms with Gasteiger partial charge in [-0.05, 0) is 29.8 Å². The van der Waals surface area contributed by atoms with E-state index in [0.29, 0.717) is 5.69 Å². The van der Waals surface area contributed by atoms with Crippen LogP contribution in [0.1, 0.15) is 5.56 Å². The number of benzene rings is 1. The molecule has 25 heavy (non-hydrogen) atoms. The van der Waals surface area contributed by atoms with Gasteiger partial charge in [-0.3, -0.25) is 9.59 Å². The van der Waals surface area contributed by atoms with Gasteiger partial charge in [-0.15, -0.1) is 0 Å². The monoisotopic (exact) mass is 341 g/mol. The minimum absolute atomic E-state index is 0.289. The number of amides is 2. The van der Waals surface area contributed by atoms with E-state index in [9.17, 15) is 9.59 Å². The molecule has 0 saturated heterocycles. The first kappa shape index (κ1) is 18.3. The van der Waals surface area contributed by atoms with Crippen LogP contribution >= 0.6 is 0 Å². The summed E-state index contributed by atoms with van der Waals surface area (Å²) in [6.07, 6.45) is 1.51. The number of anilines is 3. The van der Waals surface area contributed by atoms with Crippen LogP contribution in [-0.4, -0.2) is 45.0 Å². The standard InChI is InChI=1S/C18H23N5O2/c1-22(2)15-8-5-13(6-9-15)11-20-17(24)18(25)21-14-7-10-16(19-12-14)23(3)4/h5-10,12H,11H2,1-4H3,(H,20,24)(H,21,25). The minimum atomic E-state index is -0.718. The molecule has 0 unspecified atom stereocenters. The van der Waals surface area contributed by atoms with Gasteiger partial charge in [0.2, 0.25) is 0 Å². The van der Waals surface area contributed by atoms with Crippen LogP contribution in [0, 0.1) is 0 Å². The fourth-order valence-electron chi connectivity index (χ4n) is 2.09. The van der Waals surface area contributed by atoms with Crippen molar-refractivity contribution in [3.05, 3.63) is 48.2 Å². The molecule has 2 N–H and O–H groups in total. The molecule has 0 aliphatic rings. The van der Waals surface area contributed by atoms with Crippen LogP contribution in [-0.2, 0) is 16.1 Å². The van der Waals surface area contributed by atoms with E-state index in [0.717, 1.165) is 17.1 Å². The maximum absolute atomic E-state index is 11.9. The summed E-state index contributed by atoms with van der Waals surface area (Å²) in [5.41, 5.74) is 2.46. The third-order valence-corrected chi connectivity index (χ3v) is 3.58. The molecule has 7 heteroatoms. The molecule has 7 nitrogen and oxygen atoms in total. The Balaban J connectivity index is 1.86. The number of aromatic nitrogens is 1. The number of nitrogens with one attached hydrogen (secondary N) is 2. The number of hydrogen-bond donors (Lipinski definition) is 2. The van der Waals surface area contributed by atoms with Crippen molar-refractivity contribution in [1.82, 2.24) is 10.3 Å². The van der Waals surface area contributed by atoms with Crippen molar-refractivity contribution in [2.75, 3.05) is 43.3 Å². The Hall–Kier alpha value is -3.09. The van der Waals surface area contributed by atoms with E-state index in [-0.39, 0.29) is 6.54 Å². The molecular weight excluding hydrogens is 318 g/mol. The first-order chi connectivity index (χ1) is 11.9. The molecule has 0 atom stereocenters. The summed E-state index contributed by atoms with van der Waals surface area (Å²) in [5, 5.41) is 5.13. The number of nitrogens with zero attached hydrogens (tertiary/aromatic N) is 3. The topological polar surface area (TPSA) is 77.6 Å². The van der Waals surface area contributed by atoms with Crippen molar-refractivity contribution < 1.29 is 9.59 Å². The second-order valence-electron chi connectivity index (χ2n) is 6.00. The smallest absolute Gasteiger partial charge is 0.313 e. The van der Waals surface area contributed by atoms with E-state index >= 15 is 0 Å².